The second-order valence-corrected chi connectivity index (χ2v) is 21.3. The van der Waals surface area contributed by atoms with E-state index in [1.807, 2.05) is 0 Å². The zero-order chi connectivity index (χ0) is 35.1. The summed E-state index contributed by atoms with van der Waals surface area (Å²) in [5.41, 5.74) is 17.4. The molecule has 0 saturated heterocycles. The monoisotopic (exact) mass is 960 g/mol. The normalized spacial score (nSPS) is 10.1. The Balaban J connectivity index is 0.000000374. The molecular weight excluding hydrogens is 899 g/mol. The quantitative estimate of drug-likeness (QED) is 0.171. The van der Waals surface area contributed by atoms with Gasteiger partial charge in [0.15, 0.2) is 0 Å². The zero-order valence-corrected chi connectivity index (χ0v) is 40.9. The summed E-state index contributed by atoms with van der Waals surface area (Å²) >= 11 is 3.13. The Labute approximate surface area is 326 Å². The number of rotatable bonds is 6. The van der Waals surface area contributed by atoms with Crippen molar-refractivity contribution in [1.29, 1.82) is 0 Å². The third-order valence-electron chi connectivity index (χ3n) is 7.94. The standard InChI is InChI=1S/4C9H11.2C3H7Te.2Ga/c4*1-7-4-8(2)6-9(3)5-7;2*1-2-3-4;;/h4*4-5H,1-3H3;2*2-3H2,1H3;;. The average Bonchev–Trinajstić information content (AvgIpc) is 2.95. The minimum atomic E-state index is -0.561. The van der Waals surface area contributed by atoms with E-state index in [0.29, 0.717) is 0 Å². The molecule has 0 unspecified atom stereocenters. The fourth-order valence-electron chi connectivity index (χ4n) is 5.96. The van der Waals surface area contributed by atoms with E-state index in [4.69, 9.17) is 0 Å². The van der Waals surface area contributed by atoms with Crippen molar-refractivity contribution in [2.45, 2.75) is 119 Å². The summed E-state index contributed by atoms with van der Waals surface area (Å²) in [4.78, 5) is 0. The van der Waals surface area contributed by atoms with Crippen LogP contribution in [-0.2, 0) is 0 Å². The summed E-state index contributed by atoms with van der Waals surface area (Å²) in [6, 6.07) is 18.7. The molecule has 0 heterocycles. The van der Waals surface area contributed by atoms with Gasteiger partial charge in [-0.05, 0) is 0 Å². The molecule has 0 atom stereocenters. The average molecular weight is 958 g/mol. The van der Waals surface area contributed by atoms with Gasteiger partial charge in [-0.2, -0.15) is 0 Å². The summed E-state index contributed by atoms with van der Waals surface area (Å²) in [5.74, 6) is 0. The first-order chi connectivity index (χ1) is 21.6. The first-order valence-electron chi connectivity index (χ1n) is 16.8. The summed E-state index contributed by atoms with van der Waals surface area (Å²) in [5, 5.41) is 0. The predicted molar refractivity (Wildman–Crippen MR) is 214 cm³/mol. The number of aryl methyl sites for hydroxylation is 12. The molecule has 0 aliphatic carbocycles. The molecule has 0 aromatic heterocycles. The van der Waals surface area contributed by atoms with E-state index in [-0.39, 0.29) is 0 Å². The molecule has 0 spiro atoms. The number of hydrogen-bond acceptors (Lipinski definition) is 0. The topological polar surface area (TPSA) is 0 Å². The zero-order valence-electron chi connectivity index (χ0n) is 31.4. The number of benzene rings is 4. The van der Waals surface area contributed by atoms with E-state index >= 15 is 0 Å². The van der Waals surface area contributed by atoms with Crippen LogP contribution in [0.1, 0.15) is 93.5 Å². The van der Waals surface area contributed by atoms with Crippen molar-refractivity contribution >= 4 is 95.9 Å². The Hall–Kier alpha value is -0.268. The molecule has 0 saturated carbocycles. The first kappa shape index (κ1) is 43.8. The Morgan fingerprint density at radius 2 is 0.478 bits per heavy atom. The molecule has 0 aliphatic rings. The van der Waals surface area contributed by atoms with Gasteiger partial charge in [0.2, 0.25) is 0 Å². The van der Waals surface area contributed by atoms with Crippen molar-refractivity contribution in [2.24, 2.45) is 0 Å². The summed E-state index contributed by atoms with van der Waals surface area (Å²) in [6.45, 7) is 31.3. The molecule has 0 fully saturated rings. The van der Waals surface area contributed by atoms with Crippen LogP contribution in [0.2, 0.25) is 8.94 Å². The Bertz CT molecular complexity index is 1230. The molecule has 46 heavy (non-hydrogen) atoms. The van der Waals surface area contributed by atoms with Crippen molar-refractivity contribution < 1.29 is 0 Å². The maximum absolute atomic E-state index is 2.33. The second-order valence-electron chi connectivity index (χ2n) is 12.9. The van der Waals surface area contributed by atoms with Crippen molar-refractivity contribution in [3.63, 3.8) is 0 Å². The fourth-order valence-corrected chi connectivity index (χ4v) is 12.4. The summed E-state index contributed by atoms with van der Waals surface area (Å²) in [6.07, 6.45) is 2.65. The van der Waals surface area contributed by atoms with E-state index in [2.05, 4.69) is 190 Å². The Morgan fingerprint density at radius 3 is 0.587 bits per heavy atom. The van der Waals surface area contributed by atoms with Crippen LogP contribution >= 0.6 is 0 Å². The molecule has 4 radical (unpaired) electrons. The van der Waals surface area contributed by atoms with Crippen LogP contribution in [0.5, 0.6) is 0 Å². The van der Waals surface area contributed by atoms with Gasteiger partial charge in [-0.1, -0.05) is 0 Å². The Kier molecular flexibility index (Phi) is 21.4. The first-order valence-corrected chi connectivity index (χ1v) is 24.9. The van der Waals surface area contributed by atoms with Gasteiger partial charge >= 0.3 is 330 Å². The predicted octanol–water partition coefficient (Wildman–Crippen LogP) is 8.35. The molecule has 0 bridgehead atoms. The van der Waals surface area contributed by atoms with Gasteiger partial charge in [0.25, 0.3) is 0 Å². The molecule has 0 amide bonds. The summed E-state index contributed by atoms with van der Waals surface area (Å²) < 4.78 is 9.23. The van der Waals surface area contributed by atoms with Gasteiger partial charge in [-0.25, -0.2) is 0 Å². The van der Waals surface area contributed by atoms with E-state index in [1.54, 1.807) is 16.5 Å². The van der Waals surface area contributed by atoms with Crippen LogP contribution in [-0.4, -0.2) is 79.4 Å². The van der Waals surface area contributed by atoms with Gasteiger partial charge in [-0.3, -0.25) is 0 Å². The minimum absolute atomic E-state index is 0.561. The van der Waals surface area contributed by atoms with Crippen LogP contribution in [0.25, 0.3) is 0 Å². The summed E-state index contributed by atoms with van der Waals surface area (Å²) in [7, 11) is 0. The van der Waals surface area contributed by atoms with Crippen molar-refractivity contribution in [3.05, 3.63) is 115 Å². The van der Waals surface area contributed by atoms with Gasteiger partial charge < -0.3 is 0 Å². The van der Waals surface area contributed by atoms with Gasteiger partial charge in [0, 0.05) is 0 Å². The van der Waals surface area contributed by atoms with E-state index in [9.17, 15) is 0 Å². The van der Waals surface area contributed by atoms with Gasteiger partial charge in [0.05, 0.1) is 0 Å². The second kappa shape index (κ2) is 22.4. The van der Waals surface area contributed by atoms with Gasteiger partial charge in [0.1, 0.15) is 0 Å². The van der Waals surface area contributed by atoms with Crippen LogP contribution in [0, 0.1) is 83.1 Å². The molecular formula is C42H58Ga2Te2. The van der Waals surface area contributed by atoms with E-state index in [1.165, 1.54) is 88.5 Å². The molecule has 0 nitrogen and oxygen atoms in total. The molecule has 4 aromatic rings. The van der Waals surface area contributed by atoms with Crippen molar-refractivity contribution in [1.82, 2.24) is 0 Å². The molecule has 0 N–H and O–H groups in total. The molecule has 4 aromatic carbocycles. The van der Waals surface area contributed by atoms with Crippen LogP contribution in [0.4, 0.5) is 0 Å². The van der Waals surface area contributed by atoms with E-state index in [0.717, 1.165) is 0 Å². The molecule has 4 heteroatoms. The fraction of sp³-hybridized carbons (Fsp3) is 0.429. The van der Waals surface area contributed by atoms with E-state index < -0.39 is 34.8 Å². The van der Waals surface area contributed by atoms with Crippen molar-refractivity contribution in [3.8, 4) is 0 Å². The van der Waals surface area contributed by atoms with Crippen molar-refractivity contribution in [2.75, 3.05) is 0 Å². The van der Waals surface area contributed by atoms with Crippen LogP contribution in [0.3, 0.4) is 0 Å². The Morgan fingerprint density at radius 1 is 0.348 bits per heavy atom. The SMILES string of the molecule is CCC[Te].CCC[Te].Cc1cc(C)[c]([Ga][c]2c(C)cc(C)cc2C)c(C)c1.Cc1cc(C)[c]([Ga][c]2c(C)cc(C)cc2C)c(C)c1. The van der Waals surface area contributed by atoms with Crippen LogP contribution in [0.15, 0.2) is 48.5 Å². The molecule has 4 rings (SSSR count). The third kappa shape index (κ3) is 14.7. The molecule has 0 aliphatic heterocycles. The third-order valence-corrected chi connectivity index (χ3v) is 20.3. The maximum atomic E-state index is 2.33. The molecule has 244 valence electrons. The van der Waals surface area contributed by atoms with Crippen LogP contribution < -0.4 is 16.5 Å². The number of hydrogen-bond donors (Lipinski definition) is 0. The van der Waals surface area contributed by atoms with Gasteiger partial charge in [-0.15, -0.1) is 0 Å².